The first-order valence-corrected chi connectivity index (χ1v) is 10.9. The molecular formula is C24H40O2. The molecule has 0 bridgehead atoms. The molecule has 1 aromatic rings. The van der Waals surface area contributed by atoms with E-state index in [1.165, 1.54) is 64.2 Å². The van der Waals surface area contributed by atoms with Crippen LogP contribution < -0.4 is 0 Å². The third kappa shape index (κ3) is 10.8. The predicted octanol–water partition coefficient (Wildman–Crippen LogP) is 6.50. The van der Waals surface area contributed by atoms with Gasteiger partial charge in [-0.1, -0.05) is 108 Å². The van der Waals surface area contributed by atoms with Crippen LogP contribution in [0.25, 0.3) is 0 Å². The summed E-state index contributed by atoms with van der Waals surface area (Å²) in [6.07, 6.45) is 15.2. The lowest BCUT2D eigenvalue weighted by atomic mass is 9.88. The Hall–Kier alpha value is -1.15. The molecule has 148 valence electrons. The maximum Gasteiger partial charge on any atom is 0.135 e. The second-order valence-corrected chi connectivity index (χ2v) is 7.80. The van der Waals surface area contributed by atoms with Crippen LogP contribution in [0.3, 0.4) is 0 Å². The summed E-state index contributed by atoms with van der Waals surface area (Å²) in [6, 6.07) is 10.0. The van der Waals surface area contributed by atoms with Gasteiger partial charge in [-0.05, 0) is 25.3 Å². The Balaban J connectivity index is 2.10. The van der Waals surface area contributed by atoms with Crippen LogP contribution in [0.4, 0.5) is 0 Å². The molecule has 0 fully saturated rings. The molecule has 2 atom stereocenters. The number of aliphatic hydroxyl groups is 1. The lowest BCUT2D eigenvalue weighted by Crippen LogP contribution is -2.28. The van der Waals surface area contributed by atoms with Gasteiger partial charge in [0.1, 0.15) is 5.78 Å². The summed E-state index contributed by atoms with van der Waals surface area (Å²) in [4.78, 5) is 11.9. The van der Waals surface area contributed by atoms with Crippen LogP contribution >= 0.6 is 0 Å². The fourth-order valence-electron chi connectivity index (χ4n) is 3.64. The van der Waals surface area contributed by atoms with Crippen molar-refractivity contribution >= 4 is 5.78 Å². The molecule has 0 spiro atoms. The number of carbonyl (C=O) groups is 1. The van der Waals surface area contributed by atoms with Crippen LogP contribution in [0.1, 0.15) is 96.5 Å². The zero-order valence-corrected chi connectivity index (χ0v) is 17.1. The van der Waals surface area contributed by atoms with Crippen molar-refractivity contribution in [3.05, 3.63) is 35.9 Å². The number of Topliss-reactive ketones (excluding diaryl/α,β-unsaturated/α-hetero) is 1. The predicted molar refractivity (Wildman–Crippen MR) is 111 cm³/mol. The molecule has 0 aliphatic rings. The Kier molecular flexibility index (Phi) is 13.2. The van der Waals surface area contributed by atoms with Crippen LogP contribution in [-0.2, 0) is 11.2 Å². The normalized spacial score (nSPS) is 13.5. The van der Waals surface area contributed by atoms with E-state index in [4.69, 9.17) is 0 Å². The molecule has 2 heteroatoms. The molecule has 0 radical (unpaired) electrons. The van der Waals surface area contributed by atoms with Gasteiger partial charge in [-0.15, -0.1) is 0 Å². The number of carbonyl (C=O) groups excluding carboxylic acids is 1. The maximum absolute atomic E-state index is 11.9. The molecule has 0 aliphatic heterocycles. The van der Waals surface area contributed by atoms with E-state index in [1.807, 2.05) is 30.3 Å². The summed E-state index contributed by atoms with van der Waals surface area (Å²) < 4.78 is 0. The molecule has 2 nitrogen and oxygen atoms in total. The van der Waals surface area contributed by atoms with E-state index >= 15 is 0 Å². The van der Waals surface area contributed by atoms with Crippen molar-refractivity contribution in [2.24, 2.45) is 5.92 Å². The van der Waals surface area contributed by atoms with Crippen LogP contribution in [0.15, 0.2) is 30.3 Å². The number of aliphatic hydroxyl groups excluding tert-OH is 1. The zero-order chi connectivity index (χ0) is 19.0. The van der Waals surface area contributed by atoms with Gasteiger partial charge in [0.25, 0.3) is 0 Å². The second-order valence-electron chi connectivity index (χ2n) is 7.80. The Morgan fingerprint density at radius 3 is 1.85 bits per heavy atom. The monoisotopic (exact) mass is 360 g/mol. The highest BCUT2D eigenvalue weighted by molar-refractivity contribution is 5.79. The van der Waals surface area contributed by atoms with Gasteiger partial charge in [0, 0.05) is 5.92 Å². The highest BCUT2D eigenvalue weighted by Gasteiger charge is 2.23. The summed E-state index contributed by atoms with van der Waals surface area (Å²) in [5, 5.41) is 10.5. The summed E-state index contributed by atoms with van der Waals surface area (Å²) in [6.45, 7) is 3.87. The molecule has 1 N–H and O–H groups in total. The first-order valence-electron chi connectivity index (χ1n) is 10.9. The Bertz CT molecular complexity index is 455. The van der Waals surface area contributed by atoms with Crippen molar-refractivity contribution in [1.82, 2.24) is 0 Å². The van der Waals surface area contributed by atoms with Crippen molar-refractivity contribution in [2.75, 3.05) is 0 Å². The number of hydrogen-bond acceptors (Lipinski definition) is 2. The number of ketones is 1. The number of benzene rings is 1. The fraction of sp³-hybridized carbons (Fsp3) is 0.708. The number of rotatable bonds is 16. The largest absolute Gasteiger partial charge is 0.392 e. The van der Waals surface area contributed by atoms with Crippen molar-refractivity contribution in [1.29, 1.82) is 0 Å². The van der Waals surface area contributed by atoms with Gasteiger partial charge < -0.3 is 5.11 Å². The van der Waals surface area contributed by atoms with Crippen molar-refractivity contribution in [2.45, 2.75) is 103 Å². The highest BCUT2D eigenvalue weighted by Crippen LogP contribution is 2.19. The van der Waals surface area contributed by atoms with Gasteiger partial charge >= 0.3 is 0 Å². The first kappa shape index (κ1) is 22.9. The van der Waals surface area contributed by atoms with Crippen molar-refractivity contribution < 1.29 is 9.90 Å². The van der Waals surface area contributed by atoms with Crippen LogP contribution in [0, 0.1) is 5.92 Å². The molecule has 0 saturated heterocycles. The summed E-state index contributed by atoms with van der Waals surface area (Å²) in [5.41, 5.74) is 1.13. The molecule has 0 amide bonds. The first-order chi connectivity index (χ1) is 12.6. The van der Waals surface area contributed by atoms with E-state index in [0.717, 1.165) is 18.4 Å². The van der Waals surface area contributed by atoms with E-state index in [9.17, 15) is 9.90 Å². The van der Waals surface area contributed by atoms with E-state index < -0.39 is 6.10 Å². The van der Waals surface area contributed by atoms with Crippen LogP contribution in [0.2, 0.25) is 0 Å². The molecule has 2 unspecified atom stereocenters. The quantitative estimate of drug-likeness (QED) is 0.342. The fourth-order valence-corrected chi connectivity index (χ4v) is 3.64. The van der Waals surface area contributed by atoms with Crippen molar-refractivity contribution in [3.8, 4) is 0 Å². The molecule has 1 aromatic carbocycles. The van der Waals surface area contributed by atoms with Gasteiger partial charge in [0.2, 0.25) is 0 Å². The lowest BCUT2D eigenvalue weighted by Gasteiger charge is -2.20. The smallest absolute Gasteiger partial charge is 0.135 e. The standard InChI is InChI=1S/C24H40O2/c1-3-4-5-6-7-8-9-10-11-12-16-19-24(26)23(21(2)25)20-22-17-14-13-15-18-22/h13-15,17-18,23-24,26H,3-12,16,19-20H2,1-2H3. The zero-order valence-electron chi connectivity index (χ0n) is 17.1. The van der Waals surface area contributed by atoms with Crippen molar-refractivity contribution in [3.63, 3.8) is 0 Å². The highest BCUT2D eigenvalue weighted by atomic mass is 16.3. The Labute approximate surface area is 161 Å². The van der Waals surface area contributed by atoms with Gasteiger partial charge in [-0.25, -0.2) is 0 Å². The topological polar surface area (TPSA) is 37.3 Å². The molecule has 0 saturated carbocycles. The van der Waals surface area contributed by atoms with Gasteiger partial charge in [-0.2, -0.15) is 0 Å². The van der Waals surface area contributed by atoms with Gasteiger partial charge in [0.05, 0.1) is 6.10 Å². The minimum Gasteiger partial charge on any atom is -0.392 e. The third-order valence-electron chi connectivity index (χ3n) is 5.39. The number of unbranched alkanes of at least 4 members (excludes halogenated alkanes) is 10. The average Bonchev–Trinajstić information content (AvgIpc) is 2.64. The van der Waals surface area contributed by atoms with E-state index in [0.29, 0.717) is 6.42 Å². The SMILES string of the molecule is CCCCCCCCCCCCCC(O)C(Cc1ccccc1)C(C)=O. The van der Waals surface area contributed by atoms with E-state index in [2.05, 4.69) is 6.92 Å². The van der Waals surface area contributed by atoms with E-state index in [-0.39, 0.29) is 11.7 Å². The lowest BCUT2D eigenvalue weighted by molar-refractivity contribution is -0.124. The molecule has 0 aromatic heterocycles. The van der Waals surface area contributed by atoms with E-state index in [1.54, 1.807) is 6.92 Å². The minimum absolute atomic E-state index is 0.101. The second kappa shape index (κ2) is 15.0. The van der Waals surface area contributed by atoms with Crippen LogP contribution in [0.5, 0.6) is 0 Å². The molecule has 1 rings (SSSR count). The summed E-state index contributed by atoms with van der Waals surface area (Å²) in [5.74, 6) is -0.162. The third-order valence-corrected chi connectivity index (χ3v) is 5.39. The Morgan fingerprint density at radius 1 is 0.846 bits per heavy atom. The molecule has 0 heterocycles. The van der Waals surface area contributed by atoms with Gasteiger partial charge in [-0.3, -0.25) is 4.79 Å². The van der Waals surface area contributed by atoms with Gasteiger partial charge in [0.15, 0.2) is 0 Å². The molecule has 0 aliphatic carbocycles. The summed E-state index contributed by atoms with van der Waals surface area (Å²) in [7, 11) is 0. The molecule has 26 heavy (non-hydrogen) atoms. The summed E-state index contributed by atoms with van der Waals surface area (Å²) >= 11 is 0. The maximum atomic E-state index is 11.9. The minimum atomic E-state index is -0.508. The Morgan fingerprint density at radius 2 is 1.35 bits per heavy atom. The average molecular weight is 361 g/mol. The molecular weight excluding hydrogens is 320 g/mol. The van der Waals surface area contributed by atoms with Crippen LogP contribution in [-0.4, -0.2) is 17.0 Å². The number of hydrogen-bond donors (Lipinski definition) is 1.